The molecule has 0 bridgehead atoms. The van der Waals surface area contributed by atoms with Crippen molar-refractivity contribution >= 4 is 0 Å². The Balaban J connectivity index is 0.892. The molecule has 0 atom stereocenters. The third-order valence-electron chi connectivity index (χ3n) is 9.40. The van der Waals surface area contributed by atoms with Gasteiger partial charge >= 0.3 is 0 Å². The van der Waals surface area contributed by atoms with Gasteiger partial charge in [0.15, 0.2) is 0 Å². The fourth-order valence-corrected chi connectivity index (χ4v) is 7.03. The molecule has 0 spiro atoms. The molecule has 0 amide bonds. The van der Waals surface area contributed by atoms with E-state index in [0.717, 1.165) is 13.1 Å². The molecular weight excluding hydrogens is 510 g/mol. The smallest absolute Gasteiger partial charge is 0.0243 e. The molecule has 3 nitrogen and oxygen atoms in total. The van der Waals surface area contributed by atoms with Gasteiger partial charge in [0.2, 0.25) is 0 Å². The summed E-state index contributed by atoms with van der Waals surface area (Å²) in [5.41, 5.74) is 8.66. The Morgan fingerprint density at radius 2 is 0.833 bits per heavy atom. The number of benzene rings is 4. The Labute approximate surface area is 253 Å². The van der Waals surface area contributed by atoms with Crippen molar-refractivity contribution < 1.29 is 0 Å². The van der Waals surface area contributed by atoms with Crippen molar-refractivity contribution in [2.75, 3.05) is 45.8 Å². The molecule has 2 heterocycles. The molecule has 6 rings (SSSR count). The molecule has 1 fully saturated rings. The molecule has 0 unspecified atom stereocenters. The van der Waals surface area contributed by atoms with Crippen molar-refractivity contribution in [3.8, 4) is 11.1 Å². The highest BCUT2D eigenvalue weighted by atomic mass is 15.3. The van der Waals surface area contributed by atoms with Crippen LogP contribution in [-0.4, -0.2) is 60.5 Å². The zero-order valence-electron chi connectivity index (χ0n) is 25.2. The van der Waals surface area contributed by atoms with Crippen LogP contribution in [0.3, 0.4) is 0 Å². The van der Waals surface area contributed by atoms with Gasteiger partial charge in [-0.2, -0.15) is 0 Å². The van der Waals surface area contributed by atoms with Crippen LogP contribution in [0.25, 0.3) is 11.1 Å². The number of hydrogen-bond acceptors (Lipinski definition) is 3. The molecule has 42 heavy (non-hydrogen) atoms. The van der Waals surface area contributed by atoms with Crippen molar-refractivity contribution in [2.24, 2.45) is 0 Å². The first-order valence-corrected chi connectivity index (χ1v) is 16.3. The van der Waals surface area contributed by atoms with Crippen LogP contribution in [0, 0.1) is 0 Å². The molecule has 4 aromatic rings. The summed E-state index contributed by atoms with van der Waals surface area (Å²) in [4.78, 5) is 8.05. The standard InChI is InChI=1S/C39H47N3/c1-3-15-33(16-4-1)37(34-17-5-2-6-18-34)21-11-12-24-40-27-29-41(30-28-40)25-13-14-26-42-31-35-19-7-9-22-38(35)39-23-10-8-20-36(39)32-42/h1-10,15-20,22-23,37H,11-14,21,24-32H2. The van der Waals surface area contributed by atoms with Gasteiger partial charge in [-0.1, -0.05) is 116 Å². The molecule has 1 saturated heterocycles. The summed E-state index contributed by atoms with van der Waals surface area (Å²) in [6.45, 7) is 10.7. The molecule has 3 heteroatoms. The third kappa shape index (κ3) is 7.58. The number of unbranched alkanes of at least 4 members (excludes halogenated alkanes) is 2. The van der Waals surface area contributed by atoms with Gasteiger partial charge < -0.3 is 9.80 Å². The average molecular weight is 558 g/mol. The number of hydrogen-bond donors (Lipinski definition) is 0. The van der Waals surface area contributed by atoms with Gasteiger partial charge in [-0.25, -0.2) is 0 Å². The Morgan fingerprint density at radius 3 is 1.33 bits per heavy atom. The van der Waals surface area contributed by atoms with Gasteiger partial charge in [-0.3, -0.25) is 4.90 Å². The van der Waals surface area contributed by atoms with E-state index in [9.17, 15) is 0 Å². The Hall–Kier alpha value is -3.24. The van der Waals surface area contributed by atoms with Gasteiger partial charge in [-0.05, 0) is 78.7 Å². The monoisotopic (exact) mass is 557 g/mol. The zero-order chi connectivity index (χ0) is 28.4. The number of fused-ring (bicyclic) bond motifs is 3. The average Bonchev–Trinajstić information content (AvgIpc) is 3.21. The van der Waals surface area contributed by atoms with Gasteiger partial charge in [-0.15, -0.1) is 0 Å². The zero-order valence-corrected chi connectivity index (χ0v) is 25.2. The van der Waals surface area contributed by atoms with Gasteiger partial charge in [0.05, 0.1) is 0 Å². The van der Waals surface area contributed by atoms with Crippen LogP contribution >= 0.6 is 0 Å². The normalized spacial score (nSPS) is 16.2. The van der Waals surface area contributed by atoms with E-state index in [2.05, 4.69) is 124 Å². The minimum absolute atomic E-state index is 0.503. The molecule has 2 aliphatic heterocycles. The van der Waals surface area contributed by atoms with Crippen molar-refractivity contribution in [2.45, 2.75) is 51.1 Å². The number of nitrogens with zero attached hydrogens (tertiary/aromatic N) is 3. The first-order valence-electron chi connectivity index (χ1n) is 16.3. The summed E-state index contributed by atoms with van der Waals surface area (Å²) in [5.74, 6) is 0.503. The second-order valence-corrected chi connectivity index (χ2v) is 12.3. The van der Waals surface area contributed by atoms with Gasteiger partial charge in [0.1, 0.15) is 0 Å². The van der Waals surface area contributed by atoms with Crippen molar-refractivity contribution in [3.05, 3.63) is 131 Å². The summed E-state index contributed by atoms with van der Waals surface area (Å²) < 4.78 is 0. The first kappa shape index (κ1) is 28.9. The van der Waals surface area contributed by atoms with E-state index in [1.54, 1.807) is 0 Å². The van der Waals surface area contributed by atoms with Gasteiger partial charge in [0, 0.05) is 45.2 Å². The second kappa shape index (κ2) is 14.8. The van der Waals surface area contributed by atoms with Crippen molar-refractivity contribution in [1.29, 1.82) is 0 Å². The lowest BCUT2D eigenvalue weighted by Crippen LogP contribution is -2.46. The predicted octanol–water partition coefficient (Wildman–Crippen LogP) is 8.07. The fraction of sp³-hybridized carbons (Fsp3) is 0.385. The maximum atomic E-state index is 2.70. The molecule has 0 saturated carbocycles. The van der Waals surface area contributed by atoms with Gasteiger partial charge in [0.25, 0.3) is 0 Å². The molecule has 0 aliphatic carbocycles. The summed E-state index contributed by atoms with van der Waals surface area (Å²) in [6.07, 6.45) is 6.36. The van der Waals surface area contributed by atoms with E-state index in [1.807, 2.05) is 0 Å². The molecule has 218 valence electrons. The molecule has 2 aliphatic rings. The second-order valence-electron chi connectivity index (χ2n) is 12.3. The largest absolute Gasteiger partial charge is 0.301 e. The lowest BCUT2D eigenvalue weighted by Gasteiger charge is -2.35. The predicted molar refractivity (Wildman–Crippen MR) is 177 cm³/mol. The number of piperazine rings is 1. The van der Waals surface area contributed by atoms with Crippen LogP contribution in [0.1, 0.15) is 60.3 Å². The maximum Gasteiger partial charge on any atom is 0.0243 e. The number of rotatable bonds is 12. The SMILES string of the molecule is c1ccc(C(CCCCN2CCN(CCCCN3Cc4ccccc4-c4ccccc4C3)CC2)c2ccccc2)cc1. The summed E-state index contributed by atoms with van der Waals surface area (Å²) >= 11 is 0. The van der Waals surface area contributed by atoms with Crippen LogP contribution in [0.4, 0.5) is 0 Å². The Bertz CT molecular complexity index is 1270. The highest BCUT2D eigenvalue weighted by Crippen LogP contribution is 2.33. The van der Waals surface area contributed by atoms with Crippen molar-refractivity contribution in [3.63, 3.8) is 0 Å². The quantitative estimate of drug-likeness (QED) is 0.163. The minimum Gasteiger partial charge on any atom is -0.301 e. The van der Waals surface area contributed by atoms with Crippen LogP contribution in [-0.2, 0) is 13.1 Å². The first-order chi connectivity index (χ1) is 20.8. The van der Waals surface area contributed by atoms with E-state index >= 15 is 0 Å². The summed E-state index contributed by atoms with van der Waals surface area (Å²) in [5, 5.41) is 0. The van der Waals surface area contributed by atoms with Crippen LogP contribution < -0.4 is 0 Å². The molecule has 0 aromatic heterocycles. The lowest BCUT2D eigenvalue weighted by atomic mass is 9.87. The highest BCUT2D eigenvalue weighted by Gasteiger charge is 2.20. The molecule has 4 aromatic carbocycles. The Kier molecular flexibility index (Phi) is 10.2. The van der Waals surface area contributed by atoms with E-state index in [0.29, 0.717) is 5.92 Å². The topological polar surface area (TPSA) is 9.72 Å². The summed E-state index contributed by atoms with van der Waals surface area (Å²) in [7, 11) is 0. The lowest BCUT2D eigenvalue weighted by molar-refractivity contribution is 0.127. The minimum atomic E-state index is 0.503. The molecule has 0 N–H and O–H groups in total. The molecule has 0 radical (unpaired) electrons. The third-order valence-corrected chi connectivity index (χ3v) is 9.40. The summed E-state index contributed by atoms with van der Waals surface area (Å²) in [6, 6.07) is 40.1. The fourth-order valence-electron chi connectivity index (χ4n) is 7.03. The van der Waals surface area contributed by atoms with E-state index in [1.165, 1.54) is 111 Å². The van der Waals surface area contributed by atoms with E-state index < -0.39 is 0 Å². The van der Waals surface area contributed by atoms with Crippen LogP contribution in [0.15, 0.2) is 109 Å². The van der Waals surface area contributed by atoms with Crippen LogP contribution in [0.2, 0.25) is 0 Å². The van der Waals surface area contributed by atoms with Crippen LogP contribution in [0.5, 0.6) is 0 Å². The maximum absolute atomic E-state index is 2.70. The Morgan fingerprint density at radius 1 is 0.429 bits per heavy atom. The molecular formula is C39H47N3. The van der Waals surface area contributed by atoms with E-state index in [4.69, 9.17) is 0 Å². The highest BCUT2D eigenvalue weighted by molar-refractivity contribution is 5.71. The van der Waals surface area contributed by atoms with E-state index in [-0.39, 0.29) is 0 Å². The van der Waals surface area contributed by atoms with Crippen molar-refractivity contribution in [1.82, 2.24) is 14.7 Å².